The van der Waals surface area contributed by atoms with Crippen LogP contribution in [0, 0.1) is 0 Å². The first-order valence-electron chi connectivity index (χ1n) is 19.2. The predicted molar refractivity (Wildman–Crippen MR) is 206 cm³/mol. The van der Waals surface area contributed by atoms with Crippen molar-refractivity contribution >= 4 is 30.1 Å². The highest BCUT2D eigenvalue weighted by molar-refractivity contribution is 5.88. The topological polar surface area (TPSA) is 346 Å². The smallest absolute Gasteiger partial charge is 0.331 e. The largest absolute Gasteiger partial charge is 0.504 e. The van der Waals surface area contributed by atoms with Gasteiger partial charge in [0.05, 0.1) is 27.4 Å². The van der Waals surface area contributed by atoms with E-state index in [1.807, 2.05) is 0 Å². The van der Waals surface area contributed by atoms with E-state index in [0.29, 0.717) is 11.1 Å². The van der Waals surface area contributed by atoms with Gasteiger partial charge >= 0.3 is 17.9 Å². The van der Waals surface area contributed by atoms with Crippen molar-refractivity contribution in [3.8, 4) is 23.0 Å². The molecule has 5 rings (SSSR count). The van der Waals surface area contributed by atoms with E-state index in [-0.39, 0.29) is 23.0 Å². The zero-order chi connectivity index (χ0) is 46.2. The molecule has 2 aromatic rings. The molecule has 0 amide bonds. The van der Waals surface area contributed by atoms with Gasteiger partial charge in [-0.25, -0.2) is 9.59 Å². The Labute approximate surface area is 358 Å². The number of aliphatic hydroxyl groups is 9. The van der Waals surface area contributed by atoms with Crippen molar-refractivity contribution in [3.63, 3.8) is 0 Å². The number of carbonyl (C=O) groups is 3. The van der Waals surface area contributed by atoms with Gasteiger partial charge in [0.2, 0.25) is 12.1 Å². The Balaban J connectivity index is 1.27. The van der Waals surface area contributed by atoms with Gasteiger partial charge < -0.3 is 98.4 Å². The van der Waals surface area contributed by atoms with Crippen molar-refractivity contribution in [3.05, 3.63) is 59.7 Å². The molecule has 3 heterocycles. The fourth-order valence-corrected chi connectivity index (χ4v) is 6.75. The first-order chi connectivity index (χ1) is 30.0. The second kappa shape index (κ2) is 21.6. The van der Waals surface area contributed by atoms with Gasteiger partial charge in [0.1, 0.15) is 68.1 Å². The number of rotatable bonds is 17. The Kier molecular flexibility index (Phi) is 16.8. The van der Waals surface area contributed by atoms with Gasteiger partial charge in [-0.1, -0.05) is 12.1 Å². The Morgan fingerprint density at radius 2 is 1.25 bits per heavy atom. The lowest BCUT2D eigenvalue weighted by Crippen LogP contribution is -2.63. The summed E-state index contributed by atoms with van der Waals surface area (Å²) in [4.78, 5) is 38.0. The molecule has 3 saturated heterocycles. The van der Waals surface area contributed by atoms with Crippen LogP contribution in [0.1, 0.15) is 18.1 Å². The number of phenols is 1. The normalized spacial score (nSPS) is 33.2. The summed E-state index contributed by atoms with van der Waals surface area (Å²) in [5, 5.41) is 103. The van der Waals surface area contributed by atoms with Crippen LogP contribution in [0.15, 0.2) is 48.6 Å². The van der Waals surface area contributed by atoms with Gasteiger partial charge in [-0.05, 0) is 47.5 Å². The van der Waals surface area contributed by atoms with E-state index in [1.165, 1.54) is 62.8 Å². The lowest BCUT2D eigenvalue weighted by Gasteiger charge is -2.43. The molecule has 3 fully saturated rings. The number of hydrogen-bond acceptors (Lipinski definition) is 23. The van der Waals surface area contributed by atoms with Crippen LogP contribution in [0.5, 0.6) is 23.0 Å². The third-order valence-electron chi connectivity index (χ3n) is 10.1. The molecule has 14 atom stereocenters. The Morgan fingerprint density at radius 1 is 0.683 bits per heavy atom. The third-order valence-corrected chi connectivity index (χ3v) is 10.1. The van der Waals surface area contributed by atoms with E-state index >= 15 is 0 Å². The molecule has 0 radical (unpaired) electrons. The van der Waals surface area contributed by atoms with Gasteiger partial charge in [0.25, 0.3) is 0 Å². The molecule has 0 bridgehead atoms. The van der Waals surface area contributed by atoms with Crippen molar-refractivity contribution in [2.24, 2.45) is 0 Å². The summed E-state index contributed by atoms with van der Waals surface area (Å²) in [6.07, 6.45) is -17.8. The van der Waals surface area contributed by atoms with Crippen LogP contribution >= 0.6 is 0 Å². The van der Waals surface area contributed by atoms with E-state index in [1.54, 1.807) is 0 Å². The maximum absolute atomic E-state index is 13.2. The second-order valence-corrected chi connectivity index (χ2v) is 14.3. The standard InChI is InChI=1S/C40H50O23/c1-18(44)57-36-26(15-42)62-40(17-43,37(36)61-29(47)11-7-19-4-8-21(45)23(12-19)54-2)63-39-35(53)33(51)31(49)27(60-39)16-56-28(46)10-6-20-5-9-22(24(13-20)55-3)58-38-34(52)32(50)30(48)25(14-41)59-38/h4-13,25-27,30-39,41-43,45,48-53H,14-17H2,1-3H3. The molecule has 0 spiro atoms. The van der Waals surface area contributed by atoms with Crippen molar-refractivity contribution < 1.29 is 113 Å². The summed E-state index contributed by atoms with van der Waals surface area (Å²) in [6, 6.07) is 8.42. The summed E-state index contributed by atoms with van der Waals surface area (Å²) >= 11 is 0. The van der Waals surface area contributed by atoms with Crippen molar-refractivity contribution in [2.45, 2.75) is 92.4 Å². The number of ether oxygens (including phenoxy) is 10. The third kappa shape index (κ3) is 11.4. The molecule has 2 aromatic carbocycles. The average Bonchev–Trinajstić information content (AvgIpc) is 3.55. The first-order valence-corrected chi connectivity index (χ1v) is 19.2. The predicted octanol–water partition coefficient (Wildman–Crippen LogP) is -3.39. The fraction of sp³-hybridized carbons (Fsp3) is 0.525. The molecular formula is C40H50O23. The van der Waals surface area contributed by atoms with Crippen molar-refractivity contribution in [2.75, 3.05) is 40.6 Å². The molecule has 0 aromatic heterocycles. The number of phenolic OH excluding ortho intramolecular Hbond substituents is 1. The van der Waals surface area contributed by atoms with Gasteiger partial charge in [0, 0.05) is 19.1 Å². The molecule has 63 heavy (non-hydrogen) atoms. The number of methoxy groups -OCH3 is 2. The van der Waals surface area contributed by atoms with E-state index in [2.05, 4.69) is 0 Å². The van der Waals surface area contributed by atoms with Crippen LogP contribution in [0.25, 0.3) is 12.2 Å². The highest BCUT2D eigenvalue weighted by Gasteiger charge is 2.62. The van der Waals surface area contributed by atoms with E-state index in [0.717, 1.165) is 19.1 Å². The zero-order valence-corrected chi connectivity index (χ0v) is 33.9. The molecule has 23 heteroatoms. The number of benzene rings is 2. The highest BCUT2D eigenvalue weighted by Crippen LogP contribution is 2.40. The lowest BCUT2D eigenvalue weighted by molar-refractivity contribution is -0.383. The van der Waals surface area contributed by atoms with Crippen LogP contribution in [-0.2, 0) is 47.5 Å². The van der Waals surface area contributed by atoms with Crippen molar-refractivity contribution in [1.82, 2.24) is 0 Å². The monoisotopic (exact) mass is 898 g/mol. The number of aliphatic hydroxyl groups excluding tert-OH is 9. The maximum Gasteiger partial charge on any atom is 0.331 e. The van der Waals surface area contributed by atoms with Crippen LogP contribution in [0.4, 0.5) is 0 Å². The maximum atomic E-state index is 13.2. The van der Waals surface area contributed by atoms with Crippen LogP contribution in [0.3, 0.4) is 0 Å². The zero-order valence-electron chi connectivity index (χ0n) is 33.9. The number of hydrogen-bond donors (Lipinski definition) is 10. The Morgan fingerprint density at radius 3 is 1.86 bits per heavy atom. The number of esters is 3. The van der Waals surface area contributed by atoms with E-state index in [9.17, 15) is 65.4 Å². The average molecular weight is 899 g/mol. The van der Waals surface area contributed by atoms with Gasteiger partial charge in [-0.15, -0.1) is 0 Å². The minimum Gasteiger partial charge on any atom is -0.504 e. The highest BCUT2D eigenvalue weighted by atomic mass is 16.8. The summed E-state index contributed by atoms with van der Waals surface area (Å²) in [5.41, 5.74) is 0.737. The molecule has 14 unspecified atom stereocenters. The minimum atomic E-state index is -2.56. The first kappa shape index (κ1) is 49.0. The molecule has 348 valence electrons. The summed E-state index contributed by atoms with van der Waals surface area (Å²) < 4.78 is 54.7. The SMILES string of the molecule is COc1cc(C=CC(=O)OC2C(OC(C)=O)C(CO)OC2(CO)OC2OC(COC(=O)C=Cc3ccc(OC4OC(CO)C(O)C(O)C4O)c(OC)c3)C(O)C(O)C2O)ccc1O. The second-order valence-electron chi connectivity index (χ2n) is 14.3. The fourth-order valence-electron chi connectivity index (χ4n) is 6.75. The molecule has 10 N–H and O–H groups in total. The Hall–Kier alpha value is -4.99. The summed E-state index contributed by atoms with van der Waals surface area (Å²) in [7, 11) is 2.61. The molecular weight excluding hydrogens is 848 g/mol. The minimum absolute atomic E-state index is 0.0237. The molecule has 0 saturated carbocycles. The van der Waals surface area contributed by atoms with E-state index in [4.69, 9.17) is 47.4 Å². The lowest BCUT2D eigenvalue weighted by atomic mass is 9.98. The Bertz CT molecular complexity index is 1940. The van der Waals surface area contributed by atoms with Gasteiger partial charge in [-0.3, -0.25) is 4.79 Å². The molecule has 3 aliphatic rings. The van der Waals surface area contributed by atoms with Crippen LogP contribution < -0.4 is 14.2 Å². The van der Waals surface area contributed by atoms with E-state index < -0.39 is 130 Å². The van der Waals surface area contributed by atoms with Gasteiger partial charge in [-0.2, -0.15) is 0 Å². The van der Waals surface area contributed by atoms with Crippen molar-refractivity contribution in [1.29, 1.82) is 0 Å². The van der Waals surface area contributed by atoms with Crippen LogP contribution in [-0.4, -0.2) is 195 Å². The summed E-state index contributed by atoms with van der Waals surface area (Å²) in [5.74, 6) is -5.54. The number of aromatic hydroxyl groups is 1. The number of carbonyl (C=O) groups excluding carboxylic acids is 3. The quantitative estimate of drug-likeness (QED) is 0.0420. The molecule has 0 aliphatic carbocycles. The summed E-state index contributed by atoms with van der Waals surface area (Å²) in [6.45, 7) is -2.48. The molecule has 23 nitrogen and oxygen atoms in total. The molecule has 3 aliphatic heterocycles. The van der Waals surface area contributed by atoms with Crippen LogP contribution in [0.2, 0.25) is 0 Å². The van der Waals surface area contributed by atoms with Gasteiger partial charge in [0.15, 0.2) is 41.5 Å².